The minimum Gasteiger partial charge on any atom is -0.458 e. The average Bonchev–Trinajstić information content (AvgIpc) is 3.16. The van der Waals surface area contributed by atoms with Crippen LogP contribution in [-0.4, -0.2) is 56.1 Å². The number of rotatable bonds is 5. The monoisotopic (exact) mass is 380 g/mol. The Morgan fingerprint density at radius 3 is 2.85 bits per heavy atom. The van der Waals surface area contributed by atoms with Crippen molar-refractivity contribution in [2.45, 2.75) is 44.8 Å². The van der Waals surface area contributed by atoms with Crippen LogP contribution in [0.15, 0.2) is 12.7 Å². The van der Waals surface area contributed by atoms with E-state index in [2.05, 4.69) is 15.0 Å². The van der Waals surface area contributed by atoms with Gasteiger partial charge >= 0.3 is 11.9 Å². The van der Waals surface area contributed by atoms with Crippen molar-refractivity contribution < 1.29 is 28.6 Å². The summed E-state index contributed by atoms with van der Waals surface area (Å²) in [5, 5.41) is 0. The van der Waals surface area contributed by atoms with Gasteiger partial charge in [0.2, 0.25) is 0 Å². The van der Waals surface area contributed by atoms with Gasteiger partial charge in [0.25, 0.3) is 0 Å². The van der Waals surface area contributed by atoms with Gasteiger partial charge in [0, 0.05) is 20.3 Å². The van der Waals surface area contributed by atoms with Crippen molar-refractivity contribution in [3.8, 4) is 0 Å². The fraction of sp³-hybridized carbons (Fsp3) is 0.467. The summed E-state index contributed by atoms with van der Waals surface area (Å²) in [6.07, 6.45) is 0.198. The molecule has 0 radical (unpaired) electrons. The maximum atomic E-state index is 11.5. The van der Waals surface area contributed by atoms with E-state index >= 15 is 0 Å². The molecule has 0 aromatic carbocycles. The van der Waals surface area contributed by atoms with Crippen LogP contribution in [-0.2, 0) is 28.6 Å². The Bertz CT molecular complexity index is 909. The number of nitrogens with one attached hydrogen (secondary N) is 1. The number of aldehydes is 1. The summed E-state index contributed by atoms with van der Waals surface area (Å²) in [5.74, 6) is -1.11. The van der Waals surface area contributed by atoms with Crippen molar-refractivity contribution in [2.75, 3.05) is 0 Å². The molecule has 3 heterocycles. The molecular weight excluding hydrogens is 364 g/mol. The van der Waals surface area contributed by atoms with Crippen LogP contribution in [0.5, 0.6) is 0 Å². The molecule has 0 aliphatic carbocycles. The van der Waals surface area contributed by atoms with Crippen LogP contribution in [0.2, 0.25) is 0 Å². The molecule has 2 aromatic rings. The molecule has 1 aliphatic rings. The predicted octanol–water partition coefficient (Wildman–Crippen LogP) is 0.839. The van der Waals surface area contributed by atoms with Gasteiger partial charge in [-0.2, -0.15) is 0 Å². The van der Waals surface area contributed by atoms with Crippen molar-refractivity contribution in [3.63, 3.8) is 0 Å². The maximum Gasteiger partial charge on any atom is 0.303 e. The minimum atomic E-state index is -1.11. The molecule has 0 spiro atoms. The van der Waals surface area contributed by atoms with Gasteiger partial charge in [0.15, 0.2) is 23.3 Å². The summed E-state index contributed by atoms with van der Waals surface area (Å²) in [5.41, 5.74) is 0.992. The lowest BCUT2D eigenvalue weighted by atomic mass is 10.1. The summed E-state index contributed by atoms with van der Waals surface area (Å²) >= 11 is 5.14. The van der Waals surface area contributed by atoms with E-state index in [0.717, 1.165) is 0 Å². The first-order valence-corrected chi connectivity index (χ1v) is 8.17. The Balaban J connectivity index is 1.95. The molecular formula is C15H16N4O6S. The number of fused-ring (bicyclic) bond motifs is 1. The van der Waals surface area contributed by atoms with E-state index in [9.17, 15) is 14.4 Å². The summed E-state index contributed by atoms with van der Waals surface area (Å²) in [7, 11) is 0. The van der Waals surface area contributed by atoms with Crippen LogP contribution in [0.4, 0.5) is 0 Å². The lowest BCUT2D eigenvalue weighted by Gasteiger charge is -2.20. The van der Waals surface area contributed by atoms with Crippen LogP contribution in [0.3, 0.4) is 0 Å². The third-order valence-electron chi connectivity index (χ3n) is 3.87. The van der Waals surface area contributed by atoms with E-state index in [0.29, 0.717) is 22.1 Å². The molecule has 4 atom stereocenters. The number of nitrogens with zero attached hydrogens (tertiary/aromatic N) is 3. The normalized spacial score (nSPS) is 23.5. The molecule has 0 bridgehead atoms. The van der Waals surface area contributed by atoms with Gasteiger partial charge in [-0.15, -0.1) is 0 Å². The van der Waals surface area contributed by atoms with Crippen LogP contribution in [0.25, 0.3) is 11.2 Å². The Kier molecular flexibility index (Phi) is 5.09. The topological polar surface area (TPSA) is 125 Å². The second kappa shape index (κ2) is 7.30. The van der Waals surface area contributed by atoms with E-state index in [1.54, 1.807) is 4.57 Å². The first-order valence-electron chi connectivity index (χ1n) is 7.76. The number of H-pyrrole nitrogens is 1. The van der Waals surface area contributed by atoms with E-state index in [4.69, 9.17) is 26.4 Å². The SMILES string of the molecule is CC(=O)O[C@H]1C[C@@H]([C@@H](C=O)OC(C)=O)O[C@H]1n1cnc2c(=S)nc[nH]c21. The number of aromatic amines is 1. The molecule has 1 saturated heterocycles. The molecule has 0 amide bonds. The molecule has 26 heavy (non-hydrogen) atoms. The van der Waals surface area contributed by atoms with Gasteiger partial charge in [-0.25, -0.2) is 9.97 Å². The smallest absolute Gasteiger partial charge is 0.303 e. The Morgan fingerprint density at radius 1 is 1.42 bits per heavy atom. The van der Waals surface area contributed by atoms with Gasteiger partial charge in [0.1, 0.15) is 23.4 Å². The molecule has 3 rings (SSSR count). The lowest BCUT2D eigenvalue weighted by molar-refractivity contribution is -0.160. The third-order valence-corrected chi connectivity index (χ3v) is 4.17. The zero-order valence-corrected chi connectivity index (χ0v) is 14.8. The van der Waals surface area contributed by atoms with Gasteiger partial charge in [0.05, 0.1) is 12.7 Å². The largest absolute Gasteiger partial charge is 0.458 e. The molecule has 0 saturated carbocycles. The van der Waals surface area contributed by atoms with Crippen molar-refractivity contribution in [1.82, 2.24) is 19.5 Å². The van der Waals surface area contributed by atoms with Crippen molar-refractivity contribution in [2.24, 2.45) is 0 Å². The quantitative estimate of drug-likeness (QED) is 0.456. The zero-order valence-electron chi connectivity index (χ0n) is 13.9. The van der Waals surface area contributed by atoms with Crippen molar-refractivity contribution in [1.29, 1.82) is 0 Å². The summed E-state index contributed by atoms with van der Waals surface area (Å²) in [4.78, 5) is 45.0. The summed E-state index contributed by atoms with van der Waals surface area (Å²) in [6.45, 7) is 2.47. The summed E-state index contributed by atoms with van der Waals surface area (Å²) in [6, 6.07) is 0. The molecule has 1 N–H and O–H groups in total. The van der Waals surface area contributed by atoms with E-state index in [1.165, 1.54) is 26.5 Å². The lowest BCUT2D eigenvalue weighted by Crippen LogP contribution is -2.32. The zero-order chi connectivity index (χ0) is 18.8. The number of hydrogen-bond acceptors (Lipinski definition) is 9. The first-order chi connectivity index (χ1) is 12.4. The van der Waals surface area contributed by atoms with Gasteiger partial charge in [-0.3, -0.25) is 19.0 Å². The highest BCUT2D eigenvalue weighted by atomic mass is 32.1. The molecule has 11 heteroatoms. The molecule has 0 unspecified atom stereocenters. The molecule has 1 aliphatic heterocycles. The van der Waals surface area contributed by atoms with Gasteiger partial charge in [-0.1, -0.05) is 12.2 Å². The predicted molar refractivity (Wildman–Crippen MR) is 88.4 cm³/mol. The highest BCUT2D eigenvalue weighted by molar-refractivity contribution is 7.71. The van der Waals surface area contributed by atoms with Crippen LogP contribution in [0.1, 0.15) is 26.5 Å². The third kappa shape index (κ3) is 3.48. The first kappa shape index (κ1) is 18.1. The average molecular weight is 380 g/mol. The summed E-state index contributed by atoms with van der Waals surface area (Å²) < 4.78 is 18.1. The second-order valence-electron chi connectivity index (χ2n) is 5.72. The molecule has 138 valence electrons. The number of esters is 2. The Labute approximate surface area is 152 Å². The van der Waals surface area contributed by atoms with Crippen LogP contribution < -0.4 is 0 Å². The second-order valence-corrected chi connectivity index (χ2v) is 6.10. The number of aromatic nitrogens is 4. The standard InChI is InChI=1S/C15H16N4O6S/c1-7(21)23-10-3-9(11(4-20)24-8(2)22)25-15(10)19-6-18-12-13(19)16-5-17-14(12)26/h4-6,9-11,15H,3H2,1-2H3,(H,16,17,26)/t9-,10-,11+,15+/m0/s1. The fourth-order valence-corrected chi connectivity index (χ4v) is 3.10. The van der Waals surface area contributed by atoms with Crippen molar-refractivity contribution >= 4 is 41.6 Å². The van der Waals surface area contributed by atoms with Crippen molar-refractivity contribution in [3.05, 3.63) is 17.3 Å². The number of carbonyl (C=O) groups is 3. The van der Waals surface area contributed by atoms with Crippen LogP contribution >= 0.6 is 12.2 Å². The number of carbonyl (C=O) groups excluding carboxylic acids is 3. The molecule has 10 nitrogen and oxygen atoms in total. The Hall–Kier alpha value is -2.66. The number of hydrogen-bond donors (Lipinski definition) is 1. The molecule has 2 aromatic heterocycles. The minimum absolute atomic E-state index is 0.173. The van der Waals surface area contributed by atoms with Crippen LogP contribution in [0, 0.1) is 4.64 Å². The highest BCUT2D eigenvalue weighted by Crippen LogP contribution is 2.35. The fourth-order valence-electron chi connectivity index (χ4n) is 2.89. The Morgan fingerprint density at radius 2 is 2.19 bits per heavy atom. The van der Waals surface area contributed by atoms with E-state index in [1.807, 2.05) is 0 Å². The van der Waals surface area contributed by atoms with E-state index in [-0.39, 0.29) is 6.42 Å². The highest BCUT2D eigenvalue weighted by Gasteiger charge is 2.44. The maximum absolute atomic E-state index is 11.5. The number of ether oxygens (including phenoxy) is 3. The number of imidazole rings is 1. The van der Waals surface area contributed by atoms with Gasteiger partial charge < -0.3 is 19.2 Å². The van der Waals surface area contributed by atoms with E-state index < -0.39 is 36.5 Å². The molecule has 1 fully saturated rings. The van der Waals surface area contributed by atoms with Gasteiger partial charge in [-0.05, 0) is 0 Å².